The molecule has 2 N–H and O–H groups in total. The molecule has 0 spiro atoms. The van der Waals surface area contributed by atoms with Crippen LogP contribution in [0.15, 0.2) is 36.4 Å². The Kier molecular flexibility index (Phi) is 4.70. The Hall–Kier alpha value is -2.21. The van der Waals surface area contributed by atoms with E-state index in [1.54, 1.807) is 38.1 Å². The number of hydrogen-bond donors (Lipinski definition) is 2. The zero-order valence-corrected chi connectivity index (χ0v) is 12.5. The normalized spacial score (nSPS) is 10.5. The van der Waals surface area contributed by atoms with Gasteiger partial charge in [-0.2, -0.15) is 0 Å². The number of amides is 2. The number of carbonyl (C=O) groups excluding carboxylic acids is 2. The van der Waals surface area contributed by atoms with Gasteiger partial charge in [-0.05, 0) is 29.8 Å². The molecule has 21 heavy (non-hydrogen) atoms. The molecular weight excluding hydrogens is 291 g/mol. The Morgan fingerprint density at radius 2 is 1.71 bits per heavy atom. The highest BCUT2D eigenvalue weighted by molar-refractivity contribution is 7.17. The highest BCUT2D eigenvalue weighted by Crippen LogP contribution is 2.28. The summed E-state index contributed by atoms with van der Waals surface area (Å²) in [5.74, 6) is -1.13. The number of rotatable bonds is 3. The minimum Gasteiger partial charge on any atom is -0.273 e. The van der Waals surface area contributed by atoms with Gasteiger partial charge in [-0.25, -0.2) is 4.39 Å². The fourth-order valence-corrected chi connectivity index (χ4v) is 2.46. The molecule has 0 unspecified atom stereocenters. The molecule has 4 nitrogen and oxygen atoms in total. The van der Waals surface area contributed by atoms with Gasteiger partial charge in [0.1, 0.15) is 5.82 Å². The molecule has 1 aromatic heterocycles. The highest BCUT2D eigenvalue weighted by Gasteiger charge is 2.12. The molecule has 0 atom stereocenters. The fraction of sp³-hybridized carbons (Fsp3) is 0.200. The van der Waals surface area contributed by atoms with Crippen molar-refractivity contribution in [3.8, 4) is 10.4 Å². The second-order valence-electron chi connectivity index (χ2n) is 4.77. The molecule has 1 aromatic carbocycles. The van der Waals surface area contributed by atoms with Gasteiger partial charge in [0.05, 0.1) is 4.88 Å². The lowest BCUT2D eigenvalue weighted by atomic mass is 10.2. The van der Waals surface area contributed by atoms with Crippen molar-refractivity contribution in [3.05, 3.63) is 47.1 Å². The fourth-order valence-electron chi connectivity index (χ4n) is 1.55. The lowest BCUT2D eigenvalue weighted by molar-refractivity contribution is -0.124. The number of hydrazine groups is 1. The first-order chi connectivity index (χ1) is 9.97. The molecule has 110 valence electrons. The van der Waals surface area contributed by atoms with Crippen LogP contribution in [0.5, 0.6) is 0 Å². The summed E-state index contributed by atoms with van der Waals surface area (Å²) >= 11 is 1.27. The maximum atomic E-state index is 12.9. The number of carbonyl (C=O) groups is 2. The summed E-state index contributed by atoms with van der Waals surface area (Å²) in [6, 6.07) is 9.51. The van der Waals surface area contributed by atoms with E-state index in [0.29, 0.717) is 4.88 Å². The van der Waals surface area contributed by atoms with Crippen LogP contribution in [-0.2, 0) is 4.79 Å². The summed E-state index contributed by atoms with van der Waals surface area (Å²) in [5, 5.41) is 0. The van der Waals surface area contributed by atoms with Crippen molar-refractivity contribution in [1.82, 2.24) is 10.9 Å². The first kappa shape index (κ1) is 15.2. The van der Waals surface area contributed by atoms with Crippen molar-refractivity contribution >= 4 is 23.2 Å². The molecule has 2 amide bonds. The average Bonchev–Trinajstić information content (AvgIpc) is 2.94. The van der Waals surface area contributed by atoms with Crippen LogP contribution >= 0.6 is 11.3 Å². The molecule has 0 fully saturated rings. The third-order valence-corrected chi connectivity index (χ3v) is 3.92. The third-order valence-electron chi connectivity index (χ3n) is 2.78. The van der Waals surface area contributed by atoms with Gasteiger partial charge in [0.15, 0.2) is 0 Å². The second kappa shape index (κ2) is 6.49. The van der Waals surface area contributed by atoms with Crippen LogP contribution in [0.1, 0.15) is 23.5 Å². The van der Waals surface area contributed by atoms with Crippen LogP contribution in [0, 0.1) is 11.7 Å². The molecule has 0 saturated heterocycles. The van der Waals surface area contributed by atoms with Crippen molar-refractivity contribution in [3.63, 3.8) is 0 Å². The number of hydrogen-bond acceptors (Lipinski definition) is 3. The van der Waals surface area contributed by atoms with Crippen molar-refractivity contribution in [2.24, 2.45) is 5.92 Å². The first-order valence-electron chi connectivity index (χ1n) is 6.43. The largest absolute Gasteiger partial charge is 0.279 e. The maximum Gasteiger partial charge on any atom is 0.279 e. The Morgan fingerprint density at radius 1 is 1.05 bits per heavy atom. The molecule has 6 heteroatoms. The van der Waals surface area contributed by atoms with Crippen molar-refractivity contribution in [2.45, 2.75) is 13.8 Å². The monoisotopic (exact) mass is 306 g/mol. The third kappa shape index (κ3) is 3.88. The van der Waals surface area contributed by atoms with Crippen LogP contribution in [0.25, 0.3) is 10.4 Å². The van der Waals surface area contributed by atoms with E-state index in [-0.39, 0.29) is 23.5 Å². The lowest BCUT2D eigenvalue weighted by Crippen LogP contribution is -2.43. The first-order valence-corrected chi connectivity index (χ1v) is 7.25. The maximum absolute atomic E-state index is 12.9. The van der Waals surface area contributed by atoms with Gasteiger partial charge in [0.25, 0.3) is 5.91 Å². The molecule has 0 saturated carbocycles. The SMILES string of the molecule is CC(C)C(=O)NNC(=O)c1ccc(-c2ccc(F)cc2)s1. The lowest BCUT2D eigenvalue weighted by Gasteiger charge is -2.07. The summed E-state index contributed by atoms with van der Waals surface area (Å²) in [6.07, 6.45) is 0. The molecular formula is C15H15FN2O2S. The van der Waals surface area contributed by atoms with Gasteiger partial charge in [0.2, 0.25) is 5.91 Å². The Morgan fingerprint density at radius 3 is 2.33 bits per heavy atom. The van der Waals surface area contributed by atoms with E-state index in [2.05, 4.69) is 10.9 Å². The number of nitrogens with one attached hydrogen (secondary N) is 2. The van der Waals surface area contributed by atoms with E-state index in [4.69, 9.17) is 0 Å². The van der Waals surface area contributed by atoms with Gasteiger partial charge >= 0.3 is 0 Å². The Balaban J connectivity index is 2.04. The van der Waals surface area contributed by atoms with Crippen LogP contribution in [0.2, 0.25) is 0 Å². The predicted octanol–water partition coefficient (Wildman–Crippen LogP) is 2.97. The number of benzene rings is 1. The molecule has 0 bridgehead atoms. The van der Waals surface area contributed by atoms with Crippen LogP contribution in [0.3, 0.4) is 0 Å². The summed E-state index contributed by atoms with van der Waals surface area (Å²) < 4.78 is 12.9. The van der Waals surface area contributed by atoms with Gasteiger partial charge in [-0.1, -0.05) is 26.0 Å². The Labute approximate surface area is 126 Å². The van der Waals surface area contributed by atoms with E-state index >= 15 is 0 Å². The minimum atomic E-state index is -0.373. The van der Waals surface area contributed by atoms with Crippen LogP contribution in [-0.4, -0.2) is 11.8 Å². The molecule has 0 aliphatic carbocycles. The van der Waals surface area contributed by atoms with Crippen molar-refractivity contribution in [2.75, 3.05) is 0 Å². The van der Waals surface area contributed by atoms with Crippen LogP contribution in [0.4, 0.5) is 4.39 Å². The van der Waals surface area contributed by atoms with E-state index in [1.165, 1.54) is 23.5 Å². The molecule has 0 radical (unpaired) electrons. The minimum absolute atomic E-state index is 0.205. The van der Waals surface area contributed by atoms with Crippen LogP contribution < -0.4 is 10.9 Å². The number of thiophene rings is 1. The van der Waals surface area contributed by atoms with E-state index < -0.39 is 0 Å². The van der Waals surface area contributed by atoms with E-state index in [9.17, 15) is 14.0 Å². The second-order valence-corrected chi connectivity index (χ2v) is 5.85. The molecule has 2 rings (SSSR count). The molecule has 1 heterocycles. The van der Waals surface area contributed by atoms with Gasteiger partial charge < -0.3 is 0 Å². The average molecular weight is 306 g/mol. The summed E-state index contributed by atoms with van der Waals surface area (Å²) in [5.41, 5.74) is 5.56. The van der Waals surface area contributed by atoms with Gasteiger partial charge in [0, 0.05) is 10.8 Å². The van der Waals surface area contributed by atoms with Gasteiger partial charge in [-0.3, -0.25) is 20.4 Å². The molecule has 2 aromatic rings. The highest BCUT2D eigenvalue weighted by atomic mass is 32.1. The standard InChI is InChI=1S/C15H15FN2O2S/c1-9(2)14(19)17-18-15(20)13-8-7-12(21-13)10-3-5-11(16)6-4-10/h3-9H,1-2H3,(H,17,19)(H,18,20). The number of halogens is 1. The van der Waals surface area contributed by atoms with Gasteiger partial charge in [-0.15, -0.1) is 11.3 Å². The zero-order valence-electron chi connectivity index (χ0n) is 11.6. The smallest absolute Gasteiger partial charge is 0.273 e. The van der Waals surface area contributed by atoms with E-state index in [1.807, 2.05) is 0 Å². The van der Waals surface area contributed by atoms with E-state index in [0.717, 1.165) is 10.4 Å². The molecule has 0 aliphatic heterocycles. The quantitative estimate of drug-likeness (QED) is 0.857. The molecule has 0 aliphatic rings. The van der Waals surface area contributed by atoms with Crippen molar-refractivity contribution in [1.29, 1.82) is 0 Å². The summed E-state index contributed by atoms with van der Waals surface area (Å²) in [6.45, 7) is 3.47. The zero-order chi connectivity index (χ0) is 15.4. The van der Waals surface area contributed by atoms with Crippen molar-refractivity contribution < 1.29 is 14.0 Å². The Bertz CT molecular complexity index is 650. The topological polar surface area (TPSA) is 58.2 Å². The summed E-state index contributed by atoms with van der Waals surface area (Å²) in [4.78, 5) is 24.6. The summed E-state index contributed by atoms with van der Waals surface area (Å²) in [7, 11) is 0. The predicted molar refractivity (Wildman–Crippen MR) is 80.2 cm³/mol.